The summed E-state index contributed by atoms with van der Waals surface area (Å²) in [6, 6.07) is 10.7. The van der Waals surface area contributed by atoms with E-state index in [9.17, 15) is 18.0 Å². The molecule has 2 aromatic carbocycles. The zero-order valence-electron chi connectivity index (χ0n) is 18.3. The molecule has 0 aliphatic carbocycles. The molecule has 1 N–H and O–H groups in total. The van der Waals surface area contributed by atoms with Crippen LogP contribution in [0.25, 0.3) is 11.0 Å². The van der Waals surface area contributed by atoms with Gasteiger partial charge in [-0.1, -0.05) is 6.42 Å². The van der Waals surface area contributed by atoms with Gasteiger partial charge in [0.25, 0.3) is 5.91 Å². The molecule has 3 aromatic rings. The molecule has 1 aliphatic heterocycles. The number of rotatable bonds is 4. The van der Waals surface area contributed by atoms with E-state index in [0.717, 1.165) is 30.4 Å². The van der Waals surface area contributed by atoms with Crippen molar-refractivity contribution in [1.29, 1.82) is 0 Å². The topological polar surface area (TPSA) is 96.7 Å². The number of carbonyl (C=O) groups is 1. The Kier molecular flexibility index (Phi) is 5.92. The Morgan fingerprint density at radius 1 is 1.06 bits per heavy atom. The molecule has 1 atom stereocenters. The Morgan fingerprint density at radius 3 is 2.44 bits per heavy atom. The second kappa shape index (κ2) is 8.52. The molecular weight excluding hydrogens is 428 g/mol. The minimum absolute atomic E-state index is 0.0312. The van der Waals surface area contributed by atoms with E-state index in [-0.39, 0.29) is 22.1 Å². The van der Waals surface area contributed by atoms with E-state index in [1.54, 1.807) is 12.1 Å². The molecule has 0 spiro atoms. The van der Waals surface area contributed by atoms with Gasteiger partial charge in [0.1, 0.15) is 5.58 Å². The first-order valence-corrected chi connectivity index (χ1v) is 12.1. The lowest BCUT2D eigenvalue weighted by molar-refractivity contribution is 0.0997. The summed E-state index contributed by atoms with van der Waals surface area (Å²) in [5.41, 5.74) is 2.39. The predicted octanol–water partition coefficient (Wildman–Crippen LogP) is 4.23. The van der Waals surface area contributed by atoms with Gasteiger partial charge >= 0.3 is 0 Å². The summed E-state index contributed by atoms with van der Waals surface area (Å²) in [6.07, 6.45) is 2.74. The van der Waals surface area contributed by atoms with Crippen molar-refractivity contribution < 1.29 is 17.6 Å². The van der Waals surface area contributed by atoms with E-state index in [0.29, 0.717) is 23.2 Å². The lowest BCUT2D eigenvalue weighted by Crippen LogP contribution is -2.41. The maximum absolute atomic E-state index is 13.0. The normalized spacial score (nSPS) is 17.4. The number of nitrogens with zero attached hydrogens (tertiary/aromatic N) is 1. The zero-order chi connectivity index (χ0) is 23.0. The number of fused-ring (bicyclic) bond motifs is 1. The van der Waals surface area contributed by atoms with Crippen molar-refractivity contribution >= 4 is 32.6 Å². The van der Waals surface area contributed by atoms with Gasteiger partial charge in [-0.3, -0.25) is 9.59 Å². The van der Waals surface area contributed by atoms with Gasteiger partial charge in [-0.15, -0.1) is 0 Å². The average Bonchev–Trinajstić information content (AvgIpc) is 2.75. The van der Waals surface area contributed by atoms with Crippen LogP contribution in [0, 0.1) is 13.8 Å². The zero-order valence-corrected chi connectivity index (χ0v) is 19.2. The Balaban J connectivity index is 1.55. The summed E-state index contributed by atoms with van der Waals surface area (Å²) in [5, 5.41) is 3.09. The van der Waals surface area contributed by atoms with Gasteiger partial charge in [-0.25, -0.2) is 8.42 Å². The van der Waals surface area contributed by atoms with E-state index in [1.807, 2.05) is 20.8 Å². The number of anilines is 1. The standard InChI is InChI=1S/C24H26N2O5S/c1-15-12-20-21(27)14-23(31-22(20)13-16(15)2)24(28)25-18-7-9-19(10-8-18)32(29,30)26-11-5-4-6-17(26)3/h7-10,12-14,17H,4-6,11H2,1-3H3,(H,25,28). The third kappa shape index (κ3) is 4.20. The van der Waals surface area contributed by atoms with E-state index < -0.39 is 15.9 Å². The Labute approximate surface area is 187 Å². The number of hydrogen-bond donors (Lipinski definition) is 1. The number of benzene rings is 2. The van der Waals surface area contributed by atoms with Crippen molar-refractivity contribution in [1.82, 2.24) is 4.31 Å². The maximum Gasteiger partial charge on any atom is 0.291 e. The fraction of sp³-hybridized carbons (Fsp3) is 0.333. The van der Waals surface area contributed by atoms with Crippen LogP contribution in [0.15, 0.2) is 56.6 Å². The molecule has 0 radical (unpaired) electrons. The molecular formula is C24H26N2O5S. The van der Waals surface area contributed by atoms with Crippen LogP contribution in [-0.4, -0.2) is 31.2 Å². The highest BCUT2D eigenvalue weighted by Crippen LogP contribution is 2.26. The van der Waals surface area contributed by atoms with Gasteiger partial charge in [0.15, 0.2) is 11.2 Å². The first-order valence-electron chi connectivity index (χ1n) is 10.6. The molecule has 7 nitrogen and oxygen atoms in total. The summed E-state index contributed by atoms with van der Waals surface area (Å²) < 4.78 is 33.1. The summed E-state index contributed by atoms with van der Waals surface area (Å²) in [6.45, 7) is 6.25. The smallest absolute Gasteiger partial charge is 0.291 e. The van der Waals surface area contributed by atoms with Crippen molar-refractivity contribution in [3.05, 3.63) is 69.6 Å². The molecule has 4 rings (SSSR count). The highest BCUT2D eigenvalue weighted by atomic mass is 32.2. The lowest BCUT2D eigenvalue weighted by Gasteiger charge is -2.32. The monoisotopic (exact) mass is 454 g/mol. The molecule has 1 fully saturated rings. The average molecular weight is 455 g/mol. The number of piperidine rings is 1. The van der Waals surface area contributed by atoms with Crippen LogP contribution < -0.4 is 10.7 Å². The molecule has 1 unspecified atom stereocenters. The van der Waals surface area contributed by atoms with Crippen LogP contribution >= 0.6 is 0 Å². The van der Waals surface area contributed by atoms with Gasteiger partial charge in [0.05, 0.1) is 10.3 Å². The van der Waals surface area contributed by atoms with Gasteiger partial charge in [-0.2, -0.15) is 4.31 Å². The molecule has 1 saturated heterocycles. The van der Waals surface area contributed by atoms with Crippen molar-refractivity contribution in [3.8, 4) is 0 Å². The van der Waals surface area contributed by atoms with Gasteiger partial charge < -0.3 is 9.73 Å². The van der Waals surface area contributed by atoms with Gasteiger partial charge in [0.2, 0.25) is 10.0 Å². The second-order valence-electron chi connectivity index (χ2n) is 8.35. The molecule has 0 saturated carbocycles. The summed E-state index contributed by atoms with van der Waals surface area (Å²) in [5.74, 6) is -0.688. The molecule has 1 aliphatic rings. The molecule has 2 heterocycles. The first kappa shape index (κ1) is 22.2. The molecule has 8 heteroatoms. The maximum atomic E-state index is 13.0. The number of aryl methyl sites for hydroxylation is 2. The Bertz CT molecular complexity index is 1340. The highest BCUT2D eigenvalue weighted by Gasteiger charge is 2.30. The van der Waals surface area contributed by atoms with Crippen LogP contribution in [-0.2, 0) is 10.0 Å². The fourth-order valence-electron chi connectivity index (χ4n) is 3.99. The number of sulfonamides is 1. The molecule has 168 valence electrons. The fourth-order valence-corrected chi connectivity index (χ4v) is 5.69. The number of nitrogens with one attached hydrogen (secondary N) is 1. The molecule has 1 amide bonds. The first-order chi connectivity index (χ1) is 15.2. The lowest BCUT2D eigenvalue weighted by atomic mass is 10.1. The van der Waals surface area contributed by atoms with Crippen LogP contribution in [0.1, 0.15) is 47.9 Å². The van der Waals surface area contributed by atoms with E-state index >= 15 is 0 Å². The number of amides is 1. The minimum Gasteiger partial charge on any atom is -0.451 e. The number of hydrogen-bond acceptors (Lipinski definition) is 5. The number of carbonyl (C=O) groups excluding carboxylic acids is 1. The van der Waals surface area contributed by atoms with Crippen molar-refractivity contribution in [2.75, 3.05) is 11.9 Å². The third-order valence-electron chi connectivity index (χ3n) is 6.03. The quantitative estimate of drug-likeness (QED) is 0.636. The molecule has 32 heavy (non-hydrogen) atoms. The van der Waals surface area contributed by atoms with Crippen molar-refractivity contribution in [3.63, 3.8) is 0 Å². The second-order valence-corrected chi connectivity index (χ2v) is 10.2. The Hall–Kier alpha value is -2.97. The van der Waals surface area contributed by atoms with Gasteiger partial charge in [-0.05, 0) is 81.1 Å². The SMILES string of the molecule is Cc1cc2oc(C(=O)Nc3ccc(S(=O)(=O)N4CCCCC4C)cc3)cc(=O)c2cc1C. The van der Waals surface area contributed by atoms with Crippen molar-refractivity contribution in [2.45, 2.75) is 51.0 Å². The van der Waals surface area contributed by atoms with E-state index in [1.165, 1.54) is 34.6 Å². The van der Waals surface area contributed by atoms with Crippen LogP contribution in [0.5, 0.6) is 0 Å². The van der Waals surface area contributed by atoms with Crippen LogP contribution in [0.2, 0.25) is 0 Å². The minimum atomic E-state index is -3.59. The van der Waals surface area contributed by atoms with E-state index in [4.69, 9.17) is 4.42 Å². The largest absolute Gasteiger partial charge is 0.451 e. The Morgan fingerprint density at radius 2 is 1.75 bits per heavy atom. The van der Waals surface area contributed by atoms with Crippen molar-refractivity contribution in [2.24, 2.45) is 0 Å². The summed E-state index contributed by atoms with van der Waals surface area (Å²) in [4.78, 5) is 25.3. The summed E-state index contributed by atoms with van der Waals surface area (Å²) in [7, 11) is -3.59. The summed E-state index contributed by atoms with van der Waals surface area (Å²) >= 11 is 0. The highest BCUT2D eigenvalue weighted by molar-refractivity contribution is 7.89. The van der Waals surface area contributed by atoms with Crippen LogP contribution in [0.4, 0.5) is 5.69 Å². The van der Waals surface area contributed by atoms with E-state index in [2.05, 4.69) is 5.32 Å². The third-order valence-corrected chi connectivity index (χ3v) is 8.06. The molecule has 1 aromatic heterocycles. The predicted molar refractivity (Wildman–Crippen MR) is 124 cm³/mol. The van der Waals surface area contributed by atoms with Crippen LogP contribution in [0.3, 0.4) is 0 Å². The van der Waals surface area contributed by atoms with Gasteiger partial charge in [0, 0.05) is 24.3 Å². The molecule has 0 bridgehead atoms.